The summed E-state index contributed by atoms with van der Waals surface area (Å²) in [6, 6.07) is 4.88. The molecule has 1 saturated heterocycles. The number of nitrogens with one attached hydrogen (secondary N) is 1. The smallest absolute Gasteiger partial charge is 0.354 e. The lowest BCUT2D eigenvalue weighted by Crippen LogP contribution is -2.52. The maximum absolute atomic E-state index is 11.7. The fourth-order valence-electron chi connectivity index (χ4n) is 2.12. The van der Waals surface area contributed by atoms with Gasteiger partial charge in [-0.05, 0) is 19.1 Å². The molecule has 20 heavy (non-hydrogen) atoms. The van der Waals surface area contributed by atoms with Crippen molar-refractivity contribution >= 4 is 17.8 Å². The number of amides is 2. The van der Waals surface area contributed by atoms with E-state index >= 15 is 0 Å². The van der Waals surface area contributed by atoms with Crippen LogP contribution in [0.1, 0.15) is 17.4 Å². The summed E-state index contributed by atoms with van der Waals surface area (Å²) < 4.78 is 0. The average molecular weight is 278 g/mol. The number of carbonyl (C=O) groups excluding carboxylic acids is 1. The van der Waals surface area contributed by atoms with E-state index in [4.69, 9.17) is 5.11 Å². The van der Waals surface area contributed by atoms with Gasteiger partial charge in [0, 0.05) is 32.7 Å². The molecule has 0 radical (unpaired) electrons. The third-order valence-electron chi connectivity index (χ3n) is 3.17. The second-order valence-electron chi connectivity index (χ2n) is 4.50. The molecule has 0 atom stereocenters. The molecule has 2 amide bonds. The molecule has 0 spiro atoms. The van der Waals surface area contributed by atoms with E-state index in [0.717, 1.165) is 0 Å². The molecule has 0 bridgehead atoms. The van der Waals surface area contributed by atoms with Crippen LogP contribution in [0.2, 0.25) is 0 Å². The SMILES string of the molecule is CCNC(=O)N1CCN(c2cccc(C(=O)O)n2)CC1. The van der Waals surface area contributed by atoms with E-state index in [1.54, 1.807) is 17.0 Å². The fraction of sp³-hybridized carbons (Fsp3) is 0.462. The van der Waals surface area contributed by atoms with Crippen LogP contribution in [0.15, 0.2) is 18.2 Å². The molecule has 2 rings (SSSR count). The van der Waals surface area contributed by atoms with Crippen molar-refractivity contribution < 1.29 is 14.7 Å². The third kappa shape index (κ3) is 3.17. The van der Waals surface area contributed by atoms with E-state index in [0.29, 0.717) is 38.5 Å². The highest BCUT2D eigenvalue weighted by Crippen LogP contribution is 2.14. The number of rotatable bonds is 3. The van der Waals surface area contributed by atoms with Gasteiger partial charge in [0.15, 0.2) is 5.69 Å². The highest BCUT2D eigenvalue weighted by Gasteiger charge is 2.21. The molecule has 2 N–H and O–H groups in total. The van der Waals surface area contributed by atoms with Crippen molar-refractivity contribution in [2.45, 2.75) is 6.92 Å². The van der Waals surface area contributed by atoms with E-state index in [1.807, 2.05) is 11.8 Å². The molecule has 0 aliphatic carbocycles. The fourth-order valence-corrected chi connectivity index (χ4v) is 2.12. The Hall–Kier alpha value is -2.31. The summed E-state index contributed by atoms with van der Waals surface area (Å²) in [6.45, 7) is 4.99. The monoisotopic (exact) mass is 278 g/mol. The zero-order chi connectivity index (χ0) is 14.5. The molecule has 0 aromatic carbocycles. The Morgan fingerprint density at radius 2 is 2.00 bits per heavy atom. The third-order valence-corrected chi connectivity index (χ3v) is 3.17. The molecule has 2 heterocycles. The molecule has 1 aliphatic heterocycles. The highest BCUT2D eigenvalue weighted by atomic mass is 16.4. The summed E-state index contributed by atoms with van der Waals surface area (Å²) in [6.07, 6.45) is 0. The van der Waals surface area contributed by atoms with E-state index in [9.17, 15) is 9.59 Å². The summed E-state index contributed by atoms with van der Waals surface area (Å²) in [5.74, 6) is -0.395. The van der Waals surface area contributed by atoms with Gasteiger partial charge in [-0.2, -0.15) is 0 Å². The number of anilines is 1. The van der Waals surface area contributed by atoms with Crippen LogP contribution in [0.4, 0.5) is 10.6 Å². The van der Waals surface area contributed by atoms with Gasteiger partial charge in [-0.1, -0.05) is 6.07 Å². The maximum atomic E-state index is 11.7. The van der Waals surface area contributed by atoms with Gasteiger partial charge in [0.25, 0.3) is 0 Å². The number of carboxylic acids is 1. The molecular weight excluding hydrogens is 260 g/mol. The highest BCUT2D eigenvalue weighted by molar-refractivity contribution is 5.85. The zero-order valence-corrected chi connectivity index (χ0v) is 11.4. The quantitative estimate of drug-likeness (QED) is 0.847. The number of pyridine rings is 1. The van der Waals surface area contributed by atoms with Crippen molar-refractivity contribution in [3.63, 3.8) is 0 Å². The first-order valence-corrected chi connectivity index (χ1v) is 6.60. The van der Waals surface area contributed by atoms with Crippen molar-refractivity contribution in [3.8, 4) is 0 Å². The standard InChI is InChI=1S/C13H18N4O3/c1-2-14-13(20)17-8-6-16(7-9-17)11-5-3-4-10(15-11)12(18)19/h3-5H,2,6-9H2,1H3,(H,14,20)(H,18,19). The van der Waals surface area contributed by atoms with Crippen LogP contribution in [-0.4, -0.2) is 59.7 Å². The largest absolute Gasteiger partial charge is 0.477 e. The van der Waals surface area contributed by atoms with Gasteiger partial charge in [0.2, 0.25) is 0 Å². The summed E-state index contributed by atoms with van der Waals surface area (Å²) in [5, 5.41) is 11.7. The summed E-state index contributed by atoms with van der Waals surface area (Å²) in [4.78, 5) is 30.4. The lowest BCUT2D eigenvalue weighted by molar-refractivity contribution is 0.0690. The number of aromatic carboxylic acids is 1. The number of carboxylic acid groups (broad SMARTS) is 1. The second kappa shape index (κ2) is 6.23. The Morgan fingerprint density at radius 3 is 2.60 bits per heavy atom. The van der Waals surface area contributed by atoms with E-state index in [2.05, 4.69) is 10.3 Å². The minimum Gasteiger partial charge on any atom is -0.477 e. The number of urea groups is 1. The summed E-state index contributed by atoms with van der Waals surface area (Å²) in [5.41, 5.74) is 0.0358. The molecule has 1 aliphatic rings. The topological polar surface area (TPSA) is 85.8 Å². The molecule has 7 nitrogen and oxygen atoms in total. The van der Waals surface area contributed by atoms with Gasteiger partial charge in [-0.3, -0.25) is 0 Å². The predicted octanol–water partition coefficient (Wildman–Crippen LogP) is 0.631. The minimum atomic E-state index is -1.03. The van der Waals surface area contributed by atoms with Crippen LogP contribution >= 0.6 is 0 Å². The normalized spacial score (nSPS) is 15.1. The Kier molecular flexibility index (Phi) is 4.39. The number of piperazine rings is 1. The van der Waals surface area contributed by atoms with Crippen LogP contribution < -0.4 is 10.2 Å². The van der Waals surface area contributed by atoms with E-state index in [-0.39, 0.29) is 11.7 Å². The van der Waals surface area contributed by atoms with Crippen molar-refractivity contribution in [1.82, 2.24) is 15.2 Å². The van der Waals surface area contributed by atoms with Crippen molar-refractivity contribution in [3.05, 3.63) is 23.9 Å². The first-order chi connectivity index (χ1) is 9.61. The lowest BCUT2D eigenvalue weighted by atomic mass is 10.3. The number of hydrogen-bond donors (Lipinski definition) is 2. The first kappa shape index (κ1) is 14.1. The van der Waals surface area contributed by atoms with Crippen molar-refractivity contribution in [2.75, 3.05) is 37.6 Å². The second-order valence-corrected chi connectivity index (χ2v) is 4.50. The van der Waals surface area contributed by atoms with Crippen LogP contribution in [-0.2, 0) is 0 Å². The number of aromatic nitrogens is 1. The van der Waals surface area contributed by atoms with Crippen LogP contribution in [0.25, 0.3) is 0 Å². The Bertz CT molecular complexity index is 498. The van der Waals surface area contributed by atoms with Crippen molar-refractivity contribution in [2.24, 2.45) is 0 Å². The van der Waals surface area contributed by atoms with Gasteiger partial charge in [-0.15, -0.1) is 0 Å². The average Bonchev–Trinajstić information content (AvgIpc) is 2.48. The van der Waals surface area contributed by atoms with Gasteiger partial charge in [0.1, 0.15) is 5.82 Å². The van der Waals surface area contributed by atoms with Crippen LogP contribution in [0.5, 0.6) is 0 Å². The molecule has 1 aromatic heterocycles. The number of nitrogens with zero attached hydrogens (tertiary/aromatic N) is 3. The molecule has 0 unspecified atom stereocenters. The van der Waals surface area contributed by atoms with E-state index < -0.39 is 5.97 Å². The predicted molar refractivity (Wildman–Crippen MR) is 74.1 cm³/mol. The van der Waals surface area contributed by atoms with Crippen LogP contribution in [0.3, 0.4) is 0 Å². The van der Waals surface area contributed by atoms with Crippen molar-refractivity contribution in [1.29, 1.82) is 0 Å². The molecule has 0 saturated carbocycles. The Morgan fingerprint density at radius 1 is 1.30 bits per heavy atom. The Balaban J connectivity index is 1.98. The maximum Gasteiger partial charge on any atom is 0.354 e. The lowest BCUT2D eigenvalue weighted by Gasteiger charge is -2.35. The molecule has 7 heteroatoms. The van der Waals surface area contributed by atoms with Gasteiger partial charge >= 0.3 is 12.0 Å². The molecule has 1 fully saturated rings. The van der Waals surface area contributed by atoms with Gasteiger partial charge in [0.05, 0.1) is 0 Å². The zero-order valence-electron chi connectivity index (χ0n) is 11.4. The van der Waals surface area contributed by atoms with Gasteiger partial charge < -0.3 is 20.2 Å². The number of hydrogen-bond acceptors (Lipinski definition) is 4. The van der Waals surface area contributed by atoms with E-state index in [1.165, 1.54) is 6.07 Å². The molecule has 108 valence electrons. The van der Waals surface area contributed by atoms with Crippen LogP contribution in [0, 0.1) is 0 Å². The number of carbonyl (C=O) groups is 2. The first-order valence-electron chi connectivity index (χ1n) is 6.60. The summed E-state index contributed by atoms with van der Waals surface area (Å²) >= 11 is 0. The minimum absolute atomic E-state index is 0.0358. The molecular formula is C13H18N4O3. The summed E-state index contributed by atoms with van der Waals surface area (Å²) in [7, 11) is 0. The Labute approximate surface area is 117 Å². The van der Waals surface area contributed by atoms with Gasteiger partial charge in [-0.25, -0.2) is 14.6 Å². The molecule has 1 aromatic rings.